The maximum Gasteiger partial charge on any atom is 0.150 e. The molecular formula is C30H25N5O. The highest BCUT2D eigenvalue weighted by Gasteiger charge is 2.09. The second kappa shape index (κ2) is 10.2. The van der Waals surface area contributed by atoms with Crippen molar-refractivity contribution in [3.05, 3.63) is 114 Å². The molecule has 0 bridgehead atoms. The van der Waals surface area contributed by atoms with Gasteiger partial charge in [-0.25, -0.2) is 0 Å². The van der Waals surface area contributed by atoms with Crippen molar-refractivity contribution in [3.8, 4) is 5.75 Å². The first-order chi connectivity index (χ1) is 17.6. The fraction of sp³-hybridized carbons (Fsp3) is 0.0667. The van der Waals surface area contributed by atoms with Gasteiger partial charge in [0, 0.05) is 16.8 Å². The highest BCUT2D eigenvalue weighted by Crippen LogP contribution is 2.38. The Morgan fingerprint density at radius 1 is 0.556 bits per heavy atom. The van der Waals surface area contributed by atoms with Gasteiger partial charge in [0.2, 0.25) is 0 Å². The van der Waals surface area contributed by atoms with Gasteiger partial charge in [-0.15, -0.1) is 5.11 Å². The number of rotatable bonds is 6. The summed E-state index contributed by atoms with van der Waals surface area (Å²) in [5.41, 5.74) is 6.52. The average molecular weight is 472 g/mol. The molecule has 5 rings (SSSR count). The Balaban J connectivity index is 1.37. The SMILES string of the molecule is Cc1cc(N=Nc2ccc3cc(Nc4ccccc4)ccc3c2O)c(C)cc1N=Nc1ccccc1. The van der Waals surface area contributed by atoms with Gasteiger partial charge in [0.15, 0.2) is 5.75 Å². The summed E-state index contributed by atoms with van der Waals surface area (Å²) in [5.74, 6) is 0.102. The Kier molecular flexibility index (Phi) is 6.49. The summed E-state index contributed by atoms with van der Waals surface area (Å²) in [4.78, 5) is 0. The number of hydrogen-bond donors (Lipinski definition) is 2. The third-order valence-corrected chi connectivity index (χ3v) is 5.84. The summed E-state index contributed by atoms with van der Waals surface area (Å²) in [6.45, 7) is 3.92. The van der Waals surface area contributed by atoms with Gasteiger partial charge < -0.3 is 10.4 Å². The summed E-state index contributed by atoms with van der Waals surface area (Å²) in [6.07, 6.45) is 0. The van der Waals surface area contributed by atoms with E-state index < -0.39 is 0 Å². The number of nitrogens with one attached hydrogen (secondary N) is 1. The number of aryl methyl sites for hydroxylation is 2. The van der Waals surface area contributed by atoms with Crippen LogP contribution in [0.25, 0.3) is 10.8 Å². The minimum absolute atomic E-state index is 0.102. The first-order valence-electron chi connectivity index (χ1n) is 11.6. The van der Waals surface area contributed by atoms with Crippen LogP contribution < -0.4 is 5.32 Å². The van der Waals surface area contributed by atoms with Crippen LogP contribution in [0.15, 0.2) is 124 Å². The van der Waals surface area contributed by atoms with E-state index in [2.05, 4.69) is 25.8 Å². The number of benzene rings is 5. The van der Waals surface area contributed by atoms with Gasteiger partial charge >= 0.3 is 0 Å². The minimum atomic E-state index is 0.102. The smallest absolute Gasteiger partial charge is 0.150 e. The van der Waals surface area contributed by atoms with Gasteiger partial charge in [0.1, 0.15) is 5.69 Å². The van der Waals surface area contributed by atoms with Crippen LogP contribution >= 0.6 is 0 Å². The molecule has 0 spiro atoms. The van der Waals surface area contributed by atoms with E-state index in [-0.39, 0.29) is 5.75 Å². The van der Waals surface area contributed by atoms with E-state index in [4.69, 9.17) is 0 Å². The maximum absolute atomic E-state index is 10.9. The predicted molar refractivity (Wildman–Crippen MR) is 146 cm³/mol. The van der Waals surface area contributed by atoms with Crippen molar-refractivity contribution in [1.82, 2.24) is 0 Å². The molecule has 5 aromatic carbocycles. The Hall–Kier alpha value is -4.84. The minimum Gasteiger partial charge on any atom is -0.505 e. The zero-order valence-corrected chi connectivity index (χ0v) is 20.1. The van der Waals surface area contributed by atoms with E-state index in [1.807, 2.05) is 111 Å². The number of hydrogen-bond acceptors (Lipinski definition) is 6. The lowest BCUT2D eigenvalue weighted by atomic mass is 10.1. The van der Waals surface area contributed by atoms with Crippen molar-refractivity contribution in [2.24, 2.45) is 20.5 Å². The number of aromatic hydroxyl groups is 1. The third-order valence-electron chi connectivity index (χ3n) is 5.84. The maximum atomic E-state index is 10.9. The Labute approximate surface area is 209 Å². The second-order valence-electron chi connectivity index (χ2n) is 8.52. The van der Waals surface area contributed by atoms with Crippen LogP contribution in [0.4, 0.5) is 34.1 Å². The van der Waals surface area contributed by atoms with Crippen molar-refractivity contribution in [1.29, 1.82) is 0 Å². The fourth-order valence-electron chi connectivity index (χ4n) is 3.86. The lowest BCUT2D eigenvalue weighted by Gasteiger charge is -2.09. The average Bonchev–Trinajstić information content (AvgIpc) is 2.90. The fourth-order valence-corrected chi connectivity index (χ4v) is 3.86. The lowest BCUT2D eigenvalue weighted by Crippen LogP contribution is -1.89. The number of azo groups is 2. The first kappa shape index (κ1) is 22.9. The van der Waals surface area contributed by atoms with Crippen LogP contribution in [0.1, 0.15) is 11.1 Å². The van der Waals surface area contributed by atoms with Crippen LogP contribution in [0.3, 0.4) is 0 Å². The van der Waals surface area contributed by atoms with Gasteiger partial charge in [-0.05, 0) is 91.0 Å². The van der Waals surface area contributed by atoms with Crippen molar-refractivity contribution >= 4 is 44.9 Å². The van der Waals surface area contributed by atoms with E-state index in [0.717, 1.165) is 44.6 Å². The molecule has 0 atom stereocenters. The molecule has 0 amide bonds. The summed E-state index contributed by atoms with van der Waals surface area (Å²) in [6, 6.07) is 33.0. The number of fused-ring (bicyclic) bond motifs is 1. The van der Waals surface area contributed by atoms with E-state index in [9.17, 15) is 5.11 Å². The summed E-state index contributed by atoms with van der Waals surface area (Å²) in [5, 5.41) is 33.3. The van der Waals surface area contributed by atoms with E-state index in [1.165, 1.54) is 0 Å². The van der Waals surface area contributed by atoms with Crippen molar-refractivity contribution in [2.75, 3.05) is 5.32 Å². The highest BCUT2D eigenvalue weighted by atomic mass is 16.3. The number of phenols is 1. The van der Waals surface area contributed by atoms with Crippen molar-refractivity contribution in [2.45, 2.75) is 13.8 Å². The van der Waals surface area contributed by atoms with Crippen molar-refractivity contribution in [3.63, 3.8) is 0 Å². The molecule has 6 nitrogen and oxygen atoms in total. The molecule has 5 aromatic rings. The molecule has 0 aromatic heterocycles. The second-order valence-corrected chi connectivity index (χ2v) is 8.52. The molecule has 0 heterocycles. The number of para-hydroxylation sites is 1. The molecular weight excluding hydrogens is 446 g/mol. The molecule has 0 aliphatic heterocycles. The largest absolute Gasteiger partial charge is 0.505 e. The van der Waals surface area contributed by atoms with Gasteiger partial charge in [0.25, 0.3) is 0 Å². The summed E-state index contributed by atoms with van der Waals surface area (Å²) < 4.78 is 0. The molecule has 2 N–H and O–H groups in total. The Morgan fingerprint density at radius 2 is 1.17 bits per heavy atom. The normalized spacial score (nSPS) is 11.5. The monoisotopic (exact) mass is 471 g/mol. The molecule has 0 unspecified atom stereocenters. The topological polar surface area (TPSA) is 81.7 Å². The van der Waals surface area contributed by atoms with Gasteiger partial charge in [0.05, 0.1) is 17.1 Å². The molecule has 0 radical (unpaired) electrons. The van der Waals surface area contributed by atoms with E-state index in [1.54, 1.807) is 6.07 Å². The van der Waals surface area contributed by atoms with Crippen LogP contribution in [0.2, 0.25) is 0 Å². The predicted octanol–water partition coefficient (Wildman–Crippen LogP) is 9.74. The molecule has 0 saturated heterocycles. The van der Waals surface area contributed by atoms with Crippen LogP contribution in [-0.4, -0.2) is 5.11 Å². The van der Waals surface area contributed by atoms with Gasteiger partial charge in [-0.1, -0.05) is 42.5 Å². The van der Waals surface area contributed by atoms with Gasteiger partial charge in [-0.2, -0.15) is 15.3 Å². The Morgan fingerprint density at radius 3 is 1.86 bits per heavy atom. The summed E-state index contributed by atoms with van der Waals surface area (Å²) >= 11 is 0. The first-order valence-corrected chi connectivity index (χ1v) is 11.6. The molecule has 0 aliphatic rings. The van der Waals surface area contributed by atoms with Crippen LogP contribution in [-0.2, 0) is 0 Å². The Bertz CT molecular complexity index is 1580. The molecule has 0 aliphatic carbocycles. The zero-order chi connectivity index (χ0) is 24.9. The van der Waals surface area contributed by atoms with Crippen LogP contribution in [0.5, 0.6) is 5.75 Å². The molecule has 36 heavy (non-hydrogen) atoms. The van der Waals surface area contributed by atoms with Crippen LogP contribution in [0, 0.1) is 13.8 Å². The quantitative estimate of drug-likeness (QED) is 0.242. The van der Waals surface area contributed by atoms with E-state index in [0.29, 0.717) is 11.4 Å². The molecule has 176 valence electrons. The van der Waals surface area contributed by atoms with Crippen molar-refractivity contribution < 1.29 is 5.11 Å². The summed E-state index contributed by atoms with van der Waals surface area (Å²) in [7, 11) is 0. The number of phenolic OH excluding ortho intramolecular Hbond substituents is 1. The molecule has 0 fully saturated rings. The third kappa shape index (κ3) is 5.13. The lowest BCUT2D eigenvalue weighted by molar-refractivity contribution is 0.482. The molecule has 0 saturated carbocycles. The number of nitrogens with zero attached hydrogens (tertiary/aromatic N) is 4. The standard InChI is InChI=1S/C30H25N5O/c1-20-18-29(21(2)17-28(20)34-32-24-11-7-4-8-12-24)35-33-27-16-13-22-19-25(14-15-26(22)30(27)36)31-23-9-5-3-6-10-23/h3-19,31,36H,1-2H3. The van der Waals surface area contributed by atoms with E-state index >= 15 is 0 Å². The number of anilines is 2. The van der Waals surface area contributed by atoms with Gasteiger partial charge in [-0.3, -0.25) is 0 Å². The highest BCUT2D eigenvalue weighted by molar-refractivity contribution is 5.94. The molecule has 6 heteroatoms. The zero-order valence-electron chi connectivity index (χ0n) is 20.1.